The van der Waals surface area contributed by atoms with E-state index < -0.39 is 36.3 Å². The van der Waals surface area contributed by atoms with E-state index in [0.717, 1.165) is 4.90 Å². The summed E-state index contributed by atoms with van der Waals surface area (Å²) in [6.45, 7) is 5.69. The monoisotopic (exact) mass is 438 g/mol. The van der Waals surface area contributed by atoms with Crippen LogP contribution in [0.15, 0.2) is 24.3 Å². The summed E-state index contributed by atoms with van der Waals surface area (Å²) >= 11 is 0. The Labute approximate surface area is 179 Å². The molecule has 0 aromatic heterocycles. The molecule has 1 aromatic carbocycles. The molecular weight excluding hydrogens is 411 g/mol. The van der Waals surface area contributed by atoms with Gasteiger partial charge in [-0.05, 0) is 32.9 Å². The molecule has 11 heteroatoms. The molecule has 31 heavy (non-hydrogen) atoms. The van der Waals surface area contributed by atoms with Crippen LogP contribution in [0.4, 0.5) is 30.1 Å². The fourth-order valence-corrected chi connectivity index (χ4v) is 3.47. The number of nitrogens with one attached hydrogen (secondary N) is 1. The van der Waals surface area contributed by atoms with Gasteiger partial charge in [0.2, 0.25) is 0 Å². The second kappa shape index (κ2) is 8.86. The molecule has 2 saturated heterocycles. The number of rotatable bonds is 4. The average molecular weight is 438 g/mol. The number of carbonyl (C=O) groups is 3. The second-order valence-electron chi connectivity index (χ2n) is 8.35. The maximum atomic E-state index is 14.8. The molecule has 2 aliphatic rings. The summed E-state index contributed by atoms with van der Waals surface area (Å²) in [5, 5.41) is 10.9. The maximum Gasteiger partial charge on any atom is 0.414 e. The highest BCUT2D eigenvalue weighted by molar-refractivity contribution is 5.94. The lowest BCUT2D eigenvalue weighted by Gasteiger charge is -2.40. The standard InChI is InChI=1S/C20H27FN4O6/c1-20(2,3)31-19(29)24-9-8-23(12-16(24)21)14-6-4-5-7-15(14)25-11-13(30-18(25)28)10-22-17(26)27/h4-7,13,16,22H,8-12H2,1-3H3,(H,26,27). The summed E-state index contributed by atoms with van der Waals surface area (Å²) < 4.78 is 25.4. The van der Waals surface area contributed by atoms with E-state index in [1.165, 1.54) is 4.90 Å². The van der Waals surface area contributed by atoms with E-state index in [1.807, 2.05) is 0 Å². The van der Waals surface area contributed by atoms with E-state index >= 15 is 0 Å². The summed E-state index contributed by atoms with van der Waals surface area (Å²) in [4.78, 5) is 39.5. The zero-order valence-corrected chi connectivity index (χ0v) is 17.7. The van der Waals surface area contributed by atoms with Crippen LogP contribution >= 0.6 is 0 Å². The number of halogens is 1. The minimum atomic E-state index is -1.57. The van der Waals surface area contributed by atoms with E-state index in [4.69, 9.17) is 14.6 Å². The van der Waals surface area contributed by atoms with Crippen LogP contribution in [-0.2, 0) is 9.47 Å². The van der Waals surface area contributed by atoms with Gasteiger partial charge in [0.25, 0.3) is 0 Å². The summed E-state index contributed by atoms with van der Waals surface area (Å²) in [7, 11) is 0. The molecule has 2 aliphatic heterocycles. The van der Waals surface area contributed by atoms with Gasteiger partial charge < -0.3 is 24.8 Å². The third-order valence-corrected chi connectivity index (χ3v) is 4.82. The van der Waals surface area contributed by atoms with Crippen molar-refractivity contribution in [2.45, 2.75) is 38.8 Å². The number of alkyl halides is 1. The fraction of sp³-hybridized carbons (Fsp3) is 0.550. The number of carboxylic acid groups (broad SMARTS) is 1. The van der Waals surface area contributed by atoms with Crippen molar-refractivity contribution in [1.29, 1.82) is 0 Å². The lowest BCUT2D eigenvalue weighted by molar-refractivity contribution is -0.00598. The first kappa shape index (κ1) is 22.4. The van der Waals surface area contributed by atoms with Gasteiger partial charge in [0.05, 0.1) is 31.0 Å². The first-order chi connectivity index (χ1) is 14.5. The Morgan fingerprint density at radius 3 is 2.52 bits per heavy atom. The molecule has 10 nitrogen and oxygen atoms in total. The highest BCUT2D eigenvalue weighted by atomic mass is 19.1. The Balaban J connectivity index is 1.71. The first-order valence-corrected chi connectivity index (χ1v) is 9.98. The molecule has 0 saturated carbocycles. The fourth-order valence-electron chi connectivity index (χ4n) is 3.47. The Morgan fingerprint density at radius 1 is 1.23 bits per heavy atom. The van der Waals surface area contributed by atoms with Crippen LogP contribution in [0.25, 0.3) is 0 Å². The number of anilines is 2. The van der Waals surface area contributed by atoms with Crippen molar-refractivity contribution in [3.63, 3.8) is 0 Å². The molecule has 2 N–H and O–H groups in total. The molecule has 2 fully saturated rings. The minimum Gasteiger partial charge on any atom is -0.465 e. The lowest BCUT2D eigenvalue weighted by atomic mass is 10.2. The number of hydrogen-bond acceptors (Lipinski definition) is 6. The number of benzene rings is 1. The van der Waals surface area contributed by atoms with Gasteiger partial charge in [-0.3, -0.25) is 9.80 Å². The molecule has 2 unspecified atom stereocenters. The number of carbonyl (C=O) groups excluding carboxylic acids is 2. The number of nitrogens with zero attached hydrogens (tertiary/aromatic N) is 3. The molecule has 0 aliphatic carbocycles. The van der Waals surface area contributed by atoms with Crippen LogP contribution in [0, 0.1) is 0 Å². The van der Waals surface area contributed by atoms with Crippen molar-refractivity contribution < 1.29 is 33.4 Å². The van der Waals surface area contributed by atoms with Crippen molar-refractivity contribution in [3.05, 3.63) is 24.3 Å². The molecule has 0 radical (unpaired) electrons. The third-order valence-electron chi connectivity index (χ3n) is 4.82. The molecule has 2 heterocycles. The van der Waals surface area contributed by atoms with Crippen LogP contribution in [0.5, 0.6) is 0 Å². The zero-order valence-electron chi connectivity index (χ0n) is 17.7. The Bertz CT molecular complexity index is 845. The minimum absolute atomic E-state index is 0.0269. The maximum absolute atomic E-state index is 14.8. The largest absolute Gasteiger partial charge is 0.465 e. The van der Waals surface area contributed by atoms with Crippen molar-refractivity contribution in [3.8, 4) is 0 Å². The predicted octanol–water partition coefficient (Wildman–Crippen LogP) is 2.63. The molecule has 0 bridgehead atoms. The number of piperazine rings is 1. The average Bonchev–Trinajstić information content (AvgIpc) is 3.05. The summed E-state index contributed by atoms with van der Waals surface area (Å²) in [6.07, 6.45) is -4.71. The van der Waals surface area contributed by atoms with Crippen molar-refractivity contribution in [1.82, 2.24) is 10.2 Å². The van der Waals surface area contributed by atoms with Crippen LogP contribution in [0.2, 0.25) is 0 Å². The number of amides is 3. The highest BCUT2D eigenvalue weighted by Crippen LogP contribution is 2.34. The van der Waals surface area contributed by atoms with Gasteiger partial charge in [-0.1, -0.05) is 12.1 Å². The van der Waals surface area contributed by atoms with Gasteiger partial charge in [-0.15, -0.1) is 0 Å². The summed E-state index contributed by atoms with van der Waals surface area (Å²) in [5.41, 5.74) is 0.434. The van der Waals surface area contributed by atoms with Crippen molar-refractivity contribution >= 4 is 29.7 Å². The van der Waals surface area contributed by atoms with Gasteiger partial charge in [0.15, 0.2) is 6.30 Å². The van der Waals surface area contributed by atoms with Gasteiger partial charge in [-0.25, -0.2) is 18.8 Å². The smallest absolute Gasteiger partial charge is 0.414 e. The van der Waals surface area contributed by atoms with Crippen molar-refractivity contribution in [2.24, 2.45) is 0 Å². The highest BCUT2D eigenvalue weighted by Gasteiger charge is 2.37. The van der Waals surface area contributed by atoms with E-state index in [9.17, 15) is 18.8 Å². The van der Waals surface area contributed by atoms with Crippen LogP contribution < -0.4 is 15.1 Å². The molecular formula is C20H27FN4O6. The quantitative estimate of drug-likeness (QED) is 0.695. The van der Waals surface area contributed by atoms with E-state index in [2.05, 4.69) is 5.32 Å². The normalized spacial score (nSPS) is 21.7. The molecule has 170 valence electrons. The number of para-hydroxylation sites is 2. The SMILES string of the molecule is CC(C)(C)OC(=O)N1CCN(c2ccccc2N2CC(CNC(=O)O)OC2=O)CC1F. The predicted molar refractivity (Wildman–Crippen MR) is 110 cm³/mol. The summed E-state index contributed by atoms with van der Waals surface area (Å²) in [5.74, 6) is 0. The zero-order chi connectivity index (χ0) is 22.8. The van der Waals surface area contributed by atoms with E-state index in [-0.39, 0.29) is 26.2 Å². The Morgan fingerprint density at radius 2 is 1.90 bits per heavy atom. The topological polar surface area (TPSA) is 112 Å². The number of hydrogen-bond donors (Lipinski definition) is 2. The van der Waals surface area contributed by atoms with Gasteiger partial charge in [-0.2, -0.15) is 0 Å². The third kappa shape index (κ3) is 5.47. The molecule has 3 amide bonds. The van der Waals surface area contributed by atoms with Gasteiger partial charge in [0, 0.05) is 13.1 Å². The molecule has 3 rings (SSSR count). The van der Waals surface area contributed by atoms with Gasteiger partial charge >= 0.3 is 18.3 Å². The summed E-state index contributed by atoms with van der Waals surface area (Å²) in [6, 6.07) is 7.01. The van der Waals surface area contributed by atoms with Crippen LogP contribution in [0.1, 0.15) is 20.8 Å². The van der Waals surface area contributed by atoms with E-state index in [0.29, 0.717) is 17.9 Å². The lowest BCUT2D eigenvalue weighted by Crippen LogP contribution is -2.54. The number of ether oxygens (including phenoxy) is 2. The van der Waals surface area contributed by atoms with Crippen LogP contribution in [0.3, 0.4) is 0 Å². The Hall–Kier alpha value is -3.24. The van der Waals surface area contributed by atoms with Gasteiger partial charge in [0.1, 0.15) is 11.7 Å². The second-order valence-corrected chi connectivity index (χ2v) is 8.35. The molecule has 2 atom stereocenters. The Kier molecular flexibility index (Phi) is 6.42. The first-order valence-electron chi connectivity index (χ1n) is 9.98. The molecule has 0 spiro atoms. The molecule has 1 aromatic rings. The van der Waals surface area contributed by atoms with E-state index in [1.54, 1.807) is 49.9 Å². The number of cyclic esters (lactones) is 1. The van der Waals surface area contributed by atoms with Crippen molar-refractivity contribution in [2.75, 3.05) is 42.5 Å². The van der Waals surface area contributed by atoms with Crippen LogP contribution in [-0.4, -0.2) is 79.0 Å².